The van der Waals surface area contributed by atoms with Gasteiger partial charge in [0, 0.05) is 0 Å². The first kappa shape index (κ1) is 11.7. The van der Waals surface area contributed by atoms with E-state index in [0.29, 0.717) is 5.92 Å². The van der Waals surface area contributed by atoms with Crippen LogP contribution in [0.4, 0.5) is 4.39 Å². The smallest absolute Gasteiger partial charge is 0.123 e. The van der Waals surface area contributed by atoms with Crippen molar-refractivity contribution >= 4 is 0 Å². The number of rotatable bonds is 4. The van der Waals surface area contributed by atoms with Crippen LogP contribution in [-0.2, 0) is 0 Å². The first-order chi connectivity index (χ1) is 7.13. The highest BCUT2D eigenvalue weighted by Crippen LogP contribution is 2.12. The van der Waals surface area contributed by atoms with Gasteiger partial charge in [0.05, 0.1) is 6.07 Å². The number of nitrogens with zero attached hydrogens (tertiary/aromatic N) is 1. The second-order valence-corrected chi connectivity index (χ2v) is 3.92. The summed E-state index contributed by atoms with van der Waals surface area (Å²) in [4.78, 5) is 0. The molecule has 2 nitrogen and oxygen atoms in total. The Kier molecular flexibility index (Phi) is 4.26. The minimum absolute atomic E-state index is 0.278. The summed E-state index contributed by atoms with van der Waals surface area (Å²) in [5.41, 5.74) is 0.805. The average molecular weight is 206 g/mol. The van der Waals surface area contributed by atoms with E-state index in [0.717, 1.165) is 12.1 Å². The maximum atomic E-state index is 12.7. The van der Waals surface area contributed by atoms with Crippen LogP contribution in [0.5, 0.6) is 0 Å². The van der Waals surface area contributed by atoms with Gasteiger partial charge < -0.3 is 0 Å². The second kappa shape index (κ2) is 5.47. The zero-order chi connectivity index (χ0) is 11.3. The number of hydrogen-bond donors (Lipinski definition) is 1. The molecular formula is C12H15FN2. The van der Waals surface area contributed by atoms with Crippen molar-refractivity contribution < 1.29 is 4.39 Å². The molecule has 0 aliphatic rings. The van der Waals surface area contributed by atoms with Gasteiger partial charge in [0.15, 0.2) is 0 Å². The Morgan fingerprint density at radius 2 is 1.93 bits per heavy atom. The lowest BCUT2D eigenvalue weighted by molar-refractivity contribution is 0.524. The monoisotopic (exact) mass is 206 g/mol. The van der Waals surface area contributed by atoms with Crippen LogP contribution >= 0.6 is 0 Å². The third-order valence-electron chi connectivity index (χ3n) is 2.06. The Hall–Kier alpha value is -1.40. The lowest BCUT2D eigenvalue weighted by Crippen LogP contribution is -2.24. The van der Waals surface area contributed by atoms with Gasteiger partial charge >= 0.3 is 0 Å². The Morgan fingerprint density at radius 3 is 2.40 bits per heavy atom. The molecule has 0 amide bonds. The molecule has 0 radical (unpaired) electrons. The van der Waals surface area contributed by atoms with Crippen molar-refractivity contribution in [1.82, 2.24) is 5.32 Å². The van der Waals surface area contributed by atoms with Gasteiger partial charge in [-0.2, -0.15) is 5.26 Å². The van der Waals surface area contributed by atoms with Crippen molar-refractivity contribution in [2.75, 3.05) is 6.54 Å². The first-order valence-corrected chi connectivity index (χ1v) is 5.02. The number of hydrogen-bond acceptors (Lipinski definition) is 2. The van der Waals surface area contributed by atoms with E-state index in [9.17, 15) is 4.39 Å². The van der Waals surface area contributed by atoms with Crippen LogP contribution in [0.25, 0.3) is 0 Å². The van der Waals surface area contributed by atoms with Gasteiger partial charge in [-0.1, -0.05) is 26.0 Å². The predicted octanol–water partition coefficient (Wildman–Crippen LogP) is 2.64. The van der Waals surface area contributed by atoms with Crippen LogP contribution in [0, 0.1) is 23.1 Å². The summed E-state index contributed by atoms with van der Waals surface area (Å²) in [6.45, 7) is 4.92. The van der Waals surface area contributed by atoms with Crippen molar-refractivity contribution in [3.8, 4) is 6.07 Å². The van der Waals surface area contributed by atoms with Crippen molar-refractivity contribution in [2.45, 2.75) is 19.9 Å². The highest BCUT2D eigenvalue weighted by Gasteiger charge is 2.09. The van der Waals surface area contributed by atoms with E-state index >= 15 is 0 Å². The maximum Gasteiger partial charge on any atom is 0.123 e. The summed E-state index contributed by atoms with van der Waals surface area (Å²) in [7, 11) is 0. The zero-order valence-corrected chi connectivity index (χ0v) is 9.00. The minimum atomic E-state index is -0.354. The number of halogens is 1. The molecule has 1 rings (SSSR count). The molecule has 1 aromatic carbocycles. The van der Waals surface area contributed by atoms with Gasteiger partial charge in [-0.05, 0) is 30.2 Å². The zero-order valence-electron chi connectivity index (χ0n) is 9.00. The van der Waals surface area contributed by atoms with Gasteiger partial charge in [0.1, 0.15) is 11.9 Å². The highest BCUT2D eigenvalue weighted by molar-refractivity contribution is 5.24. The van der Waals surface area contributed by atoms with Crippen LogP contribution in [0.1, 0.15) is 25.5 Å². The van der Waals surface area contributed by atoms with E-state index in [1.54, 1.807) is 12.1 Å². The van der Waals surface area contributed by atoms with Crippen molar-refractivity contribution in [3.63, 3.8) is 0 Å². The largest absolute Gasteiger partial charge is 0.298 e. The predicted molar refractivity (Wildman–Crippen MR) is 57.6 cm³/mol. The van der Waals surface area contributed by atoms with Crippen LogP contribution in [0.15, 0.2) is 24.3 Å². The minimum Gasteiger partial charge on any atom is -0.298 e. The molecule has 1 N–H and O–H groups in total. The van der Waals surface area contributed by atoms with Crippen LogP contribution in [0.3, 0.4) is 0 Å². The molecule has 0 aliphatic heterocycles. The molecule has 1 unspecified atom stereocenters. The summed E-state index contributed by atoms with van der Waals surface area (Å²) in [6.07, 6.45) is 0. The lowest BCUT2D eigenvalue weighted by atomic mass is 10.1. The lowest BCUT2D eigenvalue weighted by Gasteiger charge is -2.13. The number of nitrogens with one attached hydrogen (secondary N) is 1. The van der Waals surface area contributed by atoms with Gasteiger partial charge in [-0.15, -0.1) is 0 Å². The molecule has 80 valence electrons. The summed E-state index contributed by atoms with van der Waals surface area (Å²) in [5.74, 6) is 0.209. The van der Waals surface area contributed by atoms with Gasteiger partial charge in [-0.3, -0.25) is 5.32 Å². The molecule has 0 spiro atoms. The molecule has 1 atom stereocenters. The molecule has 0 fully saturated rings. The van der Waals surface area contributed by atoms with Gasteiger partial charge in [0.2, 0.25) is 0 Å². The SMILES string of the molecule is CC(C)CNC(C#N)c1ccc(F)cc1. The van der Waals surface area contributed by atoms with E-state index in [2.05, 4.69) is 25.2 Å². The molecule has 0 saturated heterocycles. The number of benzene rings is 1. The molecule has 15 heavy (non-hydrogen) atoms. The van der Waals surface area contributed by atoms with Gasteiger partial charge in [-0.25, -0.2) is 4.39 Å². The fraction of sp³-hybridized carbons (Fsp3) is 0.417. The van der Waals surface area contributed by atoms with Crippen molar-refractivity contribution in [1.29, 1.82) is 5.26 Å². The molecule has 0 heterocycles. The molecule has 0 bridgehead atoms. The topological polar surface area (TPSA) is 35.8 Å². The quantitative estimate of drug-likeness (QED) is 0.822. The van der Waals surface area contributed by atoms with Gasteiger partial charge in [0.25, 0.3) is 0 Å². The molecular weight excluding hydrogens is 191 g/mol. The maximum absolute atomic E-state index is 12.7. The van der Waals surface area contributed by atoms with E-state index in [1.807, 2.05) is 0 Å². The fourth-order valence-electron chi connectivity index (χ4n) is 1.25. The van der Waals surface area contributed by atoms with Crippen LogP contribution in [-0.4, -0.2) is 6.54 Å². The van der Waals surface area contributed by atoms with E-state index < -0.39 is 0 Å². The van der Waals surface area contributed by atoms with Crippen molar-refractivity contribution in [3.05, 3.63) is 35.6 Å². The molecule has 0 aliphatic carbocycles. The summed E-state index contributed by atoms with van der Waals surface area (Å²) in [5, 5.41) is 12.1. The summed E-state index contributed by atoms with van der Waals surface area (Å²) in [6, 6.07) is 7.82. The van der Waals surface area contributed by atoms with E-state index in [-0.39, 0.29) is 11.9 Å². The fourth-order valence-corrected chi connectivity index (χ4v) is 1.25. The molecule has 1 aromatic rings. The highest BCUT2D eigenvalue weighted by atomic mass is 19.1. The van der Waals surface area contributed by atoms with E-state index in [4.69, 9.17) is 5.26 Å². The van der Waals surface area contributed by atoms with Crippen molar-refractivity contribution in [2.24, 2.45) is 5.92 Å². The van der Waals surface area contributed by atoms with E-state index in [1.165, 1.54) is 12.1 Å². The standard InChI is InChI=1S/C12H15FN2/c1-9(2)8-15-12(7-14)10-3-5-11(13)6-4-10/h3-6,9,12,15H,8H2,1-2H3. The Morgan fingerprint density at radius 1 is 1.33 bits per heavy atom. The second-order valence-electron chi connectivity index (χ2n) is 3.92. The Labute approximate surface area is 89.7 Å². The third kappa shape index (κ3) is 3.69. The first-order valence-electron chi connectivity index (χ1n) is 5.02. The van der Waals surface area contributed by atoms with Crippen LogP contribution < -0.4 is 5.32 Å². The summed E-state index contributed by atoms with van der Waals surface area (Å²) < 4.78 is 12.7. The molecule has 3 heteroatoms. The normalized spacial score (nSPS) is 12.5. The molecule has 0 aromatic heterocycles. The Bertz CT molecular complexity index is 338. The Balaban J connectivity index is 2.67. The third-order valence-corrected chi connectivity index (χ3v) is 2.06. The molecule has 0 saturated carbocycles. The average Bonchev–Trinajstić information content (AvgIpc) is 2.21. The number of nitriles is 1. The summed E-state index contributed by atoms with van der Waals surface area (Å²) >= 11 is 0. The van der Waals surface area contributed by atoms with Crippen LogP contribution in [0.2, 0.25) is 0 Å².